The Kier molecular flexibility index (Phi) is 5.47. The molecular formula is C15H20N2O2S. The molecule has 0 atom stereocenters. The van der Waals surface area contributed by atoms with Gasteiger partial charge in [-0.2, -0.15) is 0 Å². The first-order valence-corrected chi connectivity index (χ1v) is 7.97. The zero-order valence-corrected chi connectivity index (χ0v) is 12.5. The van der Waals surface area contributed by atoms with Gasteiger partial charge in [0.2, 0.25) is 11.8 Å². The third-order valence-corrected chi connectivity index (χ3v) is 4.61. The lowest BCUT2D eigenvalue weighted by Crippen LogP contribution is -2.15. The maximum atomic E-state index is 11.8. The Morgan fingerprint density at radius 3 is 2.20 bits per heavy atom. The topological polar surface area (TPSA) is 58.2 Å². The van der Waals surface area contributed by atoms with E-state index in [0.29, 0.717) is 11.0 Å². The lowest BCUT2D eigenvalue weighted by molar-refractivity contribution is -0.114. The molecule has 1 aromatic rings. The van der Waals surface area contributed by atoms with Gasteiger partial charge in [-0.15, -0.1) is 11.8 Å². The van der Waals surface area contributed by atoms with Crippen LogP contribution in [0.4, 0.5) is 11.4 Å². The van der Waals surface area contributed by atoms with Crippen LogP contribution < -0.4 is 10.6 Å². The SMILES string of the molecule is CC(=O)Nc1ccc(NC(=O)CSC2CCCC2)cc1. The van der Waals surface area contributed by atoms with Gasteiger partial charge in [0.25, 0.3) is 0 Å². The molecule has 1 aliphatic carbocycles. The van der Waals surface area contributed by atoms with E-state index in [0.717, 1.165) is 11.4 Å². The summed E-state index contributed by atoms with van der Waals surface area (Å²) in [7, 11) is 0. The number of anilines is 2. The summed E-state index contributed by atoms with van der Waals surface area (Å²) in [6.07, 6.45) is 5.07. The Labute approximate surface area is 123 Å². The van der Waals surface area contributed by atoms with Crippen molar-refractivity contribution in [2.24, 2.45) is 0 Å². The van der Waals surface area contributed by atoms with Crippen LogP contribution in [0, 0.1) is 0 Å². The molecule has 0 heterocycles. The van der Waals surface area contributed by atoms with E-state index >= 15 is 0 Å². The van der Waals surface area contributed by atoms with Crippen molar-refractivity contribution in [1.29, 1.82) is 0 Å². The van der Waals surface area contributed by atoms with Crippen molar-refractivity contribution in [2.45, 2.75) is 37.9 Å². The van der Waals surface area contributed by atoms with Gasteiger partial charge in [-0.05, 0) is 37.1 Å². The number of nitrogens with one attached hydrogen (secondary N) is 2. The summed E-state index contributed by atoms with van der Waals surface area (Å²) in [5.74, 6) is 0.446. The molecule has 2 N–H and O–H groups in total. The maximum absolute atomic E-state index is 11.8. The smallest absolute Gasteiger partial charge is 0.234 e. The highest BCUT2D eigenvalue weighted by Crippen LogP contribution is 2.29. The standard InChI is InChI=1S/C15H20N2O2S/c1-11(18)16-12-6-8-13(9-7-12)17-15(19)10-20-14-4-2-3-5-14/h6-9,14H,2-5,10H2,1H3,(H,16,18)(H,17,19). The summed E-state index contributed by atoms with van der Waals surface area (Å²) in [5.41, 5.74) is 1.49. The van der Waals surface area contributed by atoms with Gasteiger partial charge in [0.1, 0.15) is 0 Å². The fourth-order valence-electron chi connectivity index (χ4n) is 2.29. The van der Waals surface area contributed by atoms with Gasteiger partial charge in [-0.25, -0.2) is 0 Å². The predicted molar refractivity (Wildman–Crippen MR) is 84.1 cm³/mol. The molecule has 0 unspecified atom stereocenters. The van der Waals surface area contributed by atoms with E-state index in [-0.39, 0.29) is 11.8 Å². The molecule has 0 spiro atoms. The fourth-order valence-corrected chi connectivity index (χ4v) is 3.41. The Morgan fingerprint density at radius 1 is 1.10 bits per heavy atom. The molecule has 5 heteroatoms. The highest BCUT2D eigenvalue weighted by atomic mass is 32.2. The average molecular weight is 292 g/mol. The van der Waals surface area contributed by atoms with Crippen LogP contribution in [-0.2, 0) is 9.59 Å². The minimum atomic E-state index is -0.102. The molecule has 2 amide bonds. The number of hydrogen-bond donors (Lipinski definition) is 2. The minimum Gasteiger partial charge on any atom is -0.326 e. The van der Waals surface area contributed by atoms with E-state index in [2.05, 4.69) is 10.6 Å². The van der Waals surface area contributed by atoms with Gasteiger partial charge in [0.15, 0.2) is 0 Å². The van der Waals surface area contributed by atoms with Crippen molar-refractivity contribution in [3.05, 3.63) is 24.3 Å². The molecule has 1 saturated carbocycles. The van der Waals surface area contributed by atoms with Crippen LogP contribution in [-0.4, -0.2) is 22.8 Å². The van der Waals surface area contributed by atoms with E-state index in [1.165, 1.54) is 32.6 Å². The third kappa shape index (κ3) is 4.89. The zero-order chi connectivity index (χ0) is 14.4. The van der Waals surface area contributed by atoms with Gasteiger partial charge >= 0.3 is 0 Å². The number of amides is 2. The second-order valence-electron chi connectivity index (χ2n) is 5.02. The van der Waals surface area contributed by atoms with Gasteiger partial charge in [0.05, 0.1) is 5.75 Å². The maximum Gasteiger partial charge on any atom is 0.234 e. The predicted octanol–water partition coefficient (Wildman–Crippen LogP) is 3.26. The first-order valence-electron chi connectivity index (χ1n) is 6.92. The number of benzene rings is 1. The van der Waals surface area contributed by atoms with Crippen molar-refractivity contribution < 1.29 is 9.59 Å². The summed E-state index contributed by atoms with van der Waals surface area (Å²) in [5, 5.41) is 6.22. The number of thioether (sulfide) groups is 1. The second kappa shape index (κ2) is 7.33. The first kappa shape index (κ1) is 14.9. The monoisotopic (exact) mass is 292 g/mol. The molecule has 0 radical (unpaired) electrons. The van der Waals surface area contributed by atoms with Crippen LogP contribution in [0.3, 0.4) is 0 Å². The average Bonchev–Trinajstić information content (AvgIpc) is 2.91. The number of carbonyl (C=O) groups is 2. The van der Waals surface area contributed by atoms with Crippen LogP contribution >= 0.6 is 11.8 Å². The second-order valence-corrected chi connectivity index (χ2v) is 6.31. The normalized spacial score (nSPS) is 15.1. The van der Waals surface area contributed by atoms with Crippen molar-refractivity contribution in [3.8, 4) is 0 Å². The lowest BCUT2D eigenvalue weighted by atomic mass is 10.3. The molecule has 4 nitrogen and oxygen atoms in total. The Bertz CT molecular complexity index is 467. The molecular weight excluding hydrogens is 272 g/mol. The van der Waals surface area contributed by atoms with Crippen LogP contribution in [0.2, 0.25) is 0 Å². The minimum absolute atomic E-state index is 0.0363. The van der Waals surface area contributed by atoms with Crippen LogP contribution in [0.1, 0.15) is 32.6 Å². The van der Waals surface area contributed by atoms with Gasteiger partial charge in [0, 0.05) is 23.5 Å². The molecule has 1 aromatic carbocycles. The summed E-state index contributed by atoms with van der Waals surface area (Å²) >= 11 is 1.75. The van der Waals surface area contributed by atoms with Crippen molar-refractivity contribution in [1.82, 2.24) is 0 Å². The Morgan fingerprint density at radius 2 is 1.65 bits per heavy atom. The summed E-state index contributed by atoms with van der Waals surface area (Å²) < 4.78 is 0. The lowest BCUT2D eigenvalue weighted by Gasteiger charge is -2.09. The van der Waals surface area contributed by atoms with E-state index in [1.807, 2.05) is 0 Å². The van der Waals surface area contributed by atoms with Crippen molar-refractivity contribution in [3.63, 3.8) is 0 Å². The van der Waals surface area contributed by atoms with E-state index in [1.54, 1.807) is 36.0 Å². The number of carbonyl (C=O) groups excluding carboxylic acids is 2. The molecule has 1 fully saturated rings. The van der Waals surface area contributed by atoms with Crippen molar-refractivity contribution in [2.75, 3.05) is 16.4 Å². The number of rotatable bonds is 5. The van der Waals surface area contributed by atoms with E-state index in [4.69, 9.17) is 0 Å². The molecule has 0 aromatic heterocycles. The highest BCUT2D eigenvalue weighted by molar-refractivity contribution is 8.00. The van der Waals surface area contributed by atoms with Crippen LogP contribution in [0.5, 0.6) is 0 Å². The molecule has 20 heavy (non-hydrogen) atoms. The molecule has 1 aliphatic rings. The fraction of sp³-hybridized carbons (Fsp3) is 0.467. The first-order chi connectivity index (χ1) is 9.63. The highest BCUT2D eigenvalue weighted by Gasteiger charge is 2.16. The molecule has 0 saturated heterocycles. The van der Waals surface area contributed by atoms with Crippen LogP contribution in [0.15, 0.2) is 24.3 Å². The number of hydrogen-bond acceptors (Lipinski definition) is 3. The molecule has 0 aliphatic heterocycles. The quantitative estimate of drug-likeness (QED) is 0.875. The van der Waals surface area contributed by atoms with E-state index in [9.17, 15) is 9.59 Å². The van der Waals surface area contributed by atoms with Crippen molar-refractivity contribution >= 4 is 35.0 Å². The molecule has 108 valence electrons. The summed E-state index contributed by atoms with van der Waals surface area (Å²) in [6, 6.07) is 7.15. The molecule has 0 bridgehead atoms. The van der Waals surface area contributed by atoms with Gasteiger partial charge in [-0.1, -0.05) is 12.8 Å². The molecule has 2 rings (SSSR count). The van der Waals surface area contributed by atoms with E-state index < -0.39 is 0 Å². The van der Waals surface area contributed by atoms with Crippen LogP contribution in [0.25, 0.3) is 0 Å². The Balaban J connectivity index is 1.76. The zero-order valence-electron chi connectivity index (χ0n) is 11.6. The largest absolute Gasteiger partial charge is 0.326 e. The summed E-state index contributed by atoms with van der Waals surface area (Å²) in [6.45, 7) is 1.47. The Hall–Kier alpha value is -1.49. The van der Waals surface area contributed by atoms with Gasteiger partial charge in [-0.3, -0.25) is 9.59 Å². The third-order valence-electron chi connectivity index (χ3n) is 3.24. The van der Waals surface area contributed by atoms with Gasteiger partial charge < -0.3 is 10.6 Å². The summed E-state index contributed by atoms with van der Waals surface area (Å²) in [4.78, 5) is 22.7.